The summed E-state index contributed by atoms with van der Waals surface area (Å²) in [6, 6.07) is 10.3. The third kappa shape index (κ3) is 4.60. The zero-order valence-corrected chi connectivity index (χ0v) is 17.7. The fourth-order valence-electron chi connectivity index (χ4n) is 3.49. The number of nitrogens with zero attached hydrogens (tertiary/aromatic N) is 3. The average molecular weight is 440 g/mol. The fraction of sp³-hybridized carbons (Fsp3) is 0.273. The fourth-order valence-corrected chi connectivity index (χ4v) is 3.69. The topological polar surface area (TPSA) is 98.1 Å². The first-order valence-corrected chi connectivity index (χ1v) is 10.3. The lowest BCUT2D eigenvalue weighted by Crippen LogP contribution is -2.31. The molecule has 1 aliphatic rings. The van der Waals surface area contributed by atoms with Crippen molar-refractivity contribution < 1.29 is 14.3 Å². The largest absolute Gasteiger partial charge is 0.373 e. The van der Waals surface area contributed by atoms with Gasteiger partial charge in [0.25, 0.3) is 11.8 Å². The highest BCUT2D eigenvalue weighted by Gasteiger charge is 2.27. The van der Waals surface area contributed by atoms with E-state index in [0.29, 0.717) is 40.9 Å². The summed E-state index contributed by atoms with van der Waals surface area (Å²) in [6.45, 7) is 3.33. The molecule has 2 aromatic heterocycles. The molecule has 1 aliphatic heterocycles. The quantitative estimate of drug-likeness (QED) is 0.615. The van der Waals surface area contributed by atoms with E-state index in [1.165, 1.54) is 0 Å². The predicted octanol–water partition coefficient (Wildman–Crippen LogP) is 2.88. The van der Waals surface area contributed by atoms with Crippen LogP contribution in [0.2, 0.25) is 5.02 Å². The molecule has 0 spiro atoms. The van der Waals surface area contributed by atoms with Crippen LogP contribution in [-0.2, 0) is 24.4 Å². The molecule has 3 aromatic rings. The Bertz CT molecular complexity index is 1100. The third-order valence-electron chi connectivity index (χ3n) is 5.10. The zero-order valence-electron chi connectivity index (χ0n) is 17.0. The SMILES string of the molecule is CC(NC(=O)c1cc(C(=O)NCc2ccccc2Cl)c2n1CCOC2)c1ncccn1. The van der Waals surface area contributed by atoms with Crippen molar-refractivity contribution in [3.8, 4) is 0 Å². The van der Waals surface area contributed by atoms with Gasteiger partial charge < -0.3 is 19.9 Å². The summed E-state index contributed by atoms with van der Waals surface area (Å²) in [5, 5.41) is 6.37. The number of rotatable bonds is 6. The van der Waals surface area contributed by atoms with Gasteiger partial charge >= 0.3 is 0 Å². The van der Waals surface area contributed by atoms with Gasteiger partial charge in [-0.2, -0.15) is 0 Å². The Balaban J connectivity index is 1.54. The molecule has 0 bridgehead atoms. The van der Waals surface area contributed by atoms with Crippen LogP contribution >= 0.6 is 11.6 Å². The van der Waals surface area contributed by atoms with Crippen LogP contribution in [-0.4, -0.2) is 33.0 Å². The Hall–Kier alpha value is -3.23. The second-order valence-corrected chi connectivity index (χ2v) is 7.58. The van der Waals surface area contributed by atoms with Crippen molar-refractivity contribution in [3.63, 3.8) is 0 Å². The lowest BCUT2D eigenvalue weighted by molar-refractivity contribution is 0.0776. The summed E-state index contributed by atoms with van der Waals surface area (Å²) in [7, 11) is 0. The van der Waals surface area contributed by atoms with Crippen LogP contribution < -0.4 is 10.6 Å². The second kappa shape index (κ2) is 9.28. The number of nitrogens with one attached hydrogen (secondary N) is 2. The number of hydrogen-bond acceptors (Lipinski definition) is 5. The van der Waals surface area contributed by atoms with Gasteiger partial charge in [0.1, 0.15) is 11.5 Å². The molecule has 0 saturated carbocycles. The summed E-state index contributed by atoms with van der Waals surface area (Å²) in [6.07, 6.45) is 3.26. The van der Waals surface area contributed by atoms with Crippen molar-refractivity contribution in [2.45, 2.75) is 32.7 Å². The summed E-state index contributed by atoms with van der Waals surface area (Å²) in [5.41, 5.74) is 2.32. The average Bonchev–Trinajstić information content (AvgIpc) is 3.19. The molecule has 0 saturated heterocycles. The molecule has 2 N–H and O–H groups in total. The van der Waals surface area contributed by atoms with Crippen molar-refractivity contribution >= 4 is 23.4 Å². The molecular formula is C22H22ClN5O3. The zero-order chi connectivity index (χ0) is 21.8. The highest BCUT2D eigenvalue weighted by atomic mass is 35.5. The van der Waals surface area contributed by atoms with Gasteiger partial charge in [0, 0.05) is 30.5 Å². The van der Waals surface area contributed by atoms with E-state index in [-0.39, 0.29) is 31.0 Å². The molecule has 1 aromatic carbocycles. The predicted molar refractivity (Wildman–Crippen MR) is 115 cm³/mol. The molecule has 0 aliphatic carbocycles. The van der Waals surface area contributed by atoms with E-state index in [9.17, 15) is 9.59 Å². The molecule has 4 rings (SSSR count). The number of ether oxygens (including phenoxy) is 1. The van der Waals surface area contributed by atoms with Crippen molar-refractivity contribution in [2.24, 2.45) is 0 Å². The van der Waals surface area contributed by atoms with Gasteiger partial charge in [-0.15, -0.1) is 0 Å². The van der Waals surface area contributed by atoms with Gasteiger partial charge in [-0.3, -0.25) is 9.59 Å². The van der Waals surface area contributed by atoms with Crippen LogP contribution in [0.4, 0.5) is 0 Å². The van der Waals surface area contributed by atoms with Crippen molar-refractivity contribution in [1.29, 1.82) is 0 Å². The molecule has 3 heterocycles. The lowest BCUT2D eigenvalue weighted by atomic mass is 10.2. The molecule has 1 unspecified atom stereocenters. The van der Waals surface area contributed by atoms with Crippen LogP contribution in [0.3, 0.4) is 0 Å². The number of hydrogen-bond donors (Lipinski definition) is 2. The number of halogens is 1. The van der Waals surface area contributed by atoms with Crippen LogP contribution in [0, 0.1) is 0 Å². The highest BCUT2D eigenvalue weighted by molar-refractivity contribution is 6.31. The Morgan fingerprint density at radius 2 is 1.97 bits per heavy atom. The van der Waals surface area contributed by atoms with Gasteiger partial charge in [-0.05, 0) is 30.7 Å². The normalized spacial score (nSPS) is 13.9. The minimum atomic E-state index is -0.378. The Morgan fingerprint density at radius 1 is 1.19 bits per heavy atom. The maximum atomic E-state index is 13.0. The van der Waals surface area contributed by atoms with E-state index in [4.69, 9.17) is 16.3 Å². The molecule has 0 fully saturated rings. The molecule has 1 atom stereocenters. The number of amides is 2. The van der Waals surface area contributed by atoms with Crippen LogP contribution in [0.5, 0.6) is 0 Å². The minimum Gasteiger partial charge on any atom is -0.373 e. The first-order chi connectivity index (χ1) is 15.0. The number of benzene rings is 1. The maximum Gasteiger partial charge on any atom is 0.268 e. The Morgan fingerprint density at radius 3 is 2.74 bits per heavy atom. The summed E-state index contributed by atoms with van der Waals surface area (Å²) >= 11 is 6.18. The Kier molecular flexibility index (Phi) is 6.29. The smallest absolute Gasteiger partial charge is 0.268 e. The first-order valence-electron chi connectivity index (χ1n) is 9.94. The van der Waals surface area contributed by atoms with Gasteiger partial charge in [0.05, 0.1) is 30.5 Å². The van der Waals surface area contributed by atoms with Crippen LogP contribution in [0.15, 0.2) is 48.8 Å². The number of fused-ring (bicyclic) bond motifs is 1. The molecule has 31 heavy (non-hydrogen) atoms. The standard InChI is InChI=1S/C22H22ClN5O3/c1-14(20-24-7-4-8-25-20)27-22(30)18-11-16(19-13-31-10-9-28(18)19)21(29)26-12-15-5-2-3-6-17(15)23/h2-8,11,14H,9-10,12-13H2,1H3,(H,26,29)(H,27,30). The lowest BCUT2D eigenvalue weighted by Gasteiger charge is -2.20. The summed E-state index contributed by atoms with van der Waals surface area (Å²) in [4.78, 5) is 34.2. The molecule has 8 nitrogen and oxygen atoms in total. The van der Waals surface area contributed by atoms with Gasteiger partial charge in [0.2, 0.25) is 0 Å². The first kappa shape index (κ1) is 21.0. The van der Waals surface area contributed by atoms with Gasteiger partial charge in [-0.25, -0.2) is 9.97 Å². The molecule has 2 amide bonds. The number of carbonyl (C=O) groups is 2. The van der Waals surface area contributed by atoms with E-state index in [1.807, 2.05) is 29.7 Å². The monoisotopic (exact) mass is 439 g/mol. The molecular weight excluding hydrogens is 418 g/mol. The van der Waals surface area contributed by atoms with E-state index in [2.05, 4.69) is 20.6 Å². The van der Waals surface area contributed by atoms with Gasteiger partial charge in [0.15, 0.2) is 0 Å². The molecule has 160 valence electrons. The van der Waals surface area contributed by atoms with Crippen LogP contribution in [0.25, 0.3) is 0 Å². The summed E-state index contributed by atoms with van der Waals surface area (Å²) in [5.74, 6) is -0.0665. The van der Waals surface area contributed by atoms with E-state index in [1.54, 1.807) is 30.6 Å². The van der Waals surface area contributed by atoms with Crippen LogP contribution in [0.1, 0.15) is 50.9 Å². The van der Waals surface area contributed by atoms with E-state index < -0.39 is 0 Å². The van der Waals surface area contributed by atoms with E-state index in [0.717, 1.165) is 5.56 Å². The summed E-state index contributed by atoms with van der Waals surface area (Å²) < 4.78 is 7.37. The van der Waals surface area contributed by atoms with Gasteiger partial charge in [-0.1, -0.05) is 29.8 Å². The number of carbonyl (C=O) groups excluding carboxylic acids is 2. The highest BCUT2D eigenvalue weighted by Crippen LogP contribution is 2.22. The second-order valence-electron chi connectivity index (χ2n) is 7.17. The van der Waals surface area contributed by atoms with E-state index >= 15 is 0 Å². The molecule has 0 radical (unpaired) electrons. The minimum absolute atomic E-state index is 0.263. The van der Waals surface area contributed by atoms with Crippen molar-refractivity contribution in [2.75, 3.05) is 6.61 Å². The Labute approximate surface area is 184 Å². The third-order valence-corrected chi connectivity index (χ3v) is 5.47. The molecule has 9 heteroatoms. The maximum absolute atomic E-state index is 13.0. The van der Waals surface area contributed by atoms with Crippen molar-refractivity contribution in [1.82, 2.24) is 25.2 Å². The number of aromatic nitrogens is 3. The van der Waals surface area contributed by atoms with Crippen molar-refractivity contribution in [3.05, 3.63) is 82.2 Å².